The molecule has 0 heterocycles. The van der Waals surface area contributed by atoms with Crippen LogP contribution in [0.1, 0.15) is 22.3 Å². The van der Waals surface area contributed by atoms with E-state index in [-0.39, 0.29) is 0 Å². The number of benzene rings is 3. The number of halogens is 1. The summed E-state index contributed by atoms with van der Waals surface area (Å²) in [5.41, 5.74) is 4.60. The minimum absolute atomic E-state index is 0.544. The Labute approximate surface area is 168 Å². The molecule has 1 N–H and O–H groups in total. The lowest BCUT2D eigenvalue weighted by molar-refractivity contribution is 0.306. The van der Waals surface area contributed by atoms with Crippen molar-refractivity contribution in [2.75, 3.05) is 0 Å². The summed E-state index contributed by atoms with van der Waals surface area (Å²) >= 11 is 8.92. The number of aryl methyl sites for hydroxylation is 1. The van der Waals surface area contributed by atoms with E-state index in [0.29, 0.717) is 6.61 Å². The Morgan fingerprint density at radius 3 is 2.15 bits per heavy atom. The van der Waals surface area contributed by atoms with E-state index >= 15 is 0 Å². The topological polar surface area (TPSA) is 21.3 Å². The summed E-state index contributed by atoms with van der Waals surface area (Å²) in [5, 5.41) is 3.30. The Morgan fingerprint density at radius 2 is 1.50 bits per heavy atom. The Kier molecular flexibility index (Phi) is 6.42. The van der Waals surface area contributed by atoms with Gasteiger partial charge in [0.1, 0.15) is 17.3 Å². The molecule has 0 radical (unpaired) electrons. The van der Waals surface area contributed by atoms with Gasteiger partial charge in [-0.05, 0) is 54.4 Å². The highest BCUT2D eigenvalue weighted by Crippen LogP contribution is 2.16. The van der Waals surface area contributed by atoms with Crippen LogP contribution in [0.25, 0.3) is 0 Å². The van der Waals surface area contributed by atoms with E-state index < -0.39 is 0 Å². The van der Waals surface area contributed by atoms with E-state index in [4.69, 9.17) is 17.0 Å². The van der Waals surface area contributed by atoms with E-state index in [1.54, 1.807) is 0 Å². The van der Waals surface area contributed by atoms with Crippen LogP contribution >= 0.6 is 28.1 Å². The molecule has 0 aliphatic carbocycles. The van der Waals surface area contributed by atoms with Crippen molar-refractivity contribution in [2.24, 2.45) is 0 Å². The summed E-state index contributed by atoms with van der Waals surface area (Å²) in [6, 6.07) is 24.4. The van der Waals surface area contributed by atoms with E-state index in [1.807, 2.05) is 48.5 Å². The van der Waals surface area contributed by atoms with E-state index in [0.717, 1.165) is 32.9 Å². The molecule has 3 aromatic rings. The number of hydrogen-bond acceptors (Lipinski definition) is 2. The van der Waals surface area contributed by atoms with Crippen LogP contribution < -0.4 is 10.1 Å². The molecule has 132 valence electrons. The van der Waals surface area contributed by atoms with Gasteiger partial charge in [0.25, 0.3) is 0 Å². The normalized spacial score (nSPS) is 10.4. The molecule has 26 heavy (non-hydrogen) atoms. The minimum atomic E-state index is 0.544. The first-order valence-corrected chi connectivity index (χ1v) is 9.61. The van der Waals surface area contributed by atoms with Gasteiger partial charge in [-0.2, -0.15) is 0 Å². The molecule has 0 aromatic heterocycles. The molecule has 0 atom stereocenters. The van der Waals surface area contributed by atoms with Gasteiger partial charge in [0, 0.05) is 16.6 Å². The second-order valence-corrected chi connectivity index (χ2v) is 7.43. The van der Waals surface area contributed by atoms with Crippen molar-refractivity contribution < 1.29 is 4.74 Å². The van der Waals surface area contributed by atoms with Crippen molar-refractivity contribution in [3.05, 3.63) is 99.5 Å². The molecule has 2 nitrogen and oxygen atoms in total. The highest BCUT2D eigenvalue weighted by molar-refractivity contribution is 9.10. The van der Waals surface area contributed by atoms with E-state index in [9.17, 15) is 0 Å². The molecule has 0 aliphatic heterocycles. The zero-order chi connectivity index (χ0) is 18.4. The SMILES string of the molecule is Cc1ccc(CNC(=S)c2ccc(OCc3ccc(Br)cc3)cc2)cc1. The van der Waals surface area contributed by atoms with Gasteiger partial charge in [-0.1, -0.05) is 70.1 Å². The van der Waals surface area contributed by atoms with Gasteiger partial charge in [-0.15, -0.1) is 0 Å². The lowest BCUT2D eigenvalue weighted by atomic mass is 10.1. The molecule has 0 unspecified atom stereocenters. The Hall–Kier alpha value is -2.17. The molecular formula is C22H20BrNOS. The maximum atomic E-state index is 5.83. The van der Waals surface area contributed by atoms with E-state index in [1.165, 1.54) is 11.1 Å². The largest absolute Gasteiger partial charge is 0.489 e. The van der Waals surface area contributed by atoms with Crippen molar-refractivity contribution in [2.45, 2.75) is 20.1 Å². The average molecular weight is 426 g/mol. The third-order valence-corrected chi connectivity index (χ3v) is 4.92. The lowest BCUT2D eigenvalue weighted by Gasteiger charge is -2.10. The Morgan fingerprint density at radius 1 is 0.885 bits per heavy atom. The molecule has 3 aromatic carbocycles. The zero-order valence-electron chi connectivity index (χ0n) is 14.5. The quantitative estimate of drug-likeness (QED) is 0.504. The number of thiocarbonyl (C=S) groups is 1. The third-order valence-electron chi connectivity index (χ3n) is 4.01. The van der Waals surface area contributed by atoms with Gasteiger partial charge in [-0.25, -0.2) is 0 Å². The fraction of sp³-hybridized carbons (Fsp3) is 0.136. The summed E-state index contributed by atoms with van der Waals surface area (Å²) < 4.78 is 6.90. The summed E-state index contributed by atoms with van der Waals surface area (Å²) in [5.74, 6) is 0.831. The average Bonchev–Trinajstić information content (AvgIpc) is 2.67. The molecule has 3 rings (SSSR count). The summed E-state index contributed by atoms with van der Waals surface area (Å²) in [7, 11) is 0. The predicted octanol–water partition coefficient (Wildman–Crippen LogP) is 5.80. The van der Waals surface area contributed by atoms with Gasteiger partial charge < -0.3 is 10.1 Å². The zero-order valence-corrected chi connectivity index (χ0v) is 16.9. The van der Waals surface area contributed by atoms with Crippen molar-refractivity contribution in [1.82, 2.24) is 5.32 Å². The fourth-order valence-electron chi connectivity index (χ4n) is 2.44. The molecule has 0 aliphatic rings. The van der Waals surface area contributed by atoms with Crippen LogP contribution in [-0.4, -0.2) is 4.99 Å². The molecular weight excluding hydrogens is 406 g/mol. The lowest BCUT2D eigenvalue weighted by Crippen LogP contribution is -2.21. The fourth-order valence-corrected chi connectivity index (χ4v) is 2.91. The van der Waals surface area contributed by atoms with Crippen LogP contribution in [0.2, 0.25) is 0 Å². The van der Waals surface area contributed by atoms with Gasteiger partial charge in [-0.3, -0.25) is 0 Å². The molecule has 0 saturated heterocycles. The monoisotopic (exact) mass is 425 g/mol. The van der Waals surface area contributed by atoms with E-state index in [2.05, 4.69) is 52.4 Å². The van der Waals surface area contributed by atoms with Crippen molar-refractivity contribution >= 4 is 33.1 Å². The smallest absolute Gasteiger partial charge is 0.119 e. The van der Waals surface area contributed by atoms with Crippen LogP contribution in [0.5, 0.6) is 5.75 Å². The number of rotatable bonds is 6. The Bertz CT molecular complexity index is 858. The summed E-state index contributed by atoms with van der Waals surface area (Å²) in [6.07, 6.45) is 0. The first-order chi connectivity index (χ1) is 12.6. The molecule has 0 amide bonds. The number of hydrogen-bond donors (Lipinski definition) is 1. The second kappa shape index (κ2) is 8.97. The molecule has 0 spiro atoms. The number of ether oxygens (including phenoxy) is 1. The minimum Gasteiger partial charge on any atom is -0.489 e. The Balaban J connectivity index is 1.52. The third kappa shape index (κ3) is 5.41. The van der Waals surface area contributed by atoms with Crippen LogP contribution in [0.3, 0.4) is 0 Å². The highest BCUT2D eigenvalue weighted by atomic mass is 79.9. The van der Waals surface area contributed by atoms with Crippen molar-refractivity contribution in [3.8, 4) is 5.75 Å². The standard InChI is InChI=1S/C22H20BrNOS/c1-16-2-4-17(5-3-16)14-24-22(26)19-8-12-21(13-9-19)25-15-18-6-10-20(23)11-7-18/h2-13H,14-15H2,1H3,(H,24,26). The van der Waals surface area contributed by atoms with Crippen LogP contribution in [0.15, 0.2) is 77.3 Å². The molecule has 0 saturated carbocycles. The van der Waals surface area contributed by atoms with Gasteiger partial charge in [0.2, 0.25) is 0 Å². The summed E-state index contributed by atoms with van der Waals surface area (Å²) in [6.45, 7) is 3.35. The van der Waals surface area contributed by atoms with Crippen LogP contribution in [-0.2, 0) is 13.2 Å². The van der Waals surface area contributed by atoms with Gasteiger partial charge in [0.05, 0.1) is 0 Å². The predicted molar refractivity (Wildman–Crippen MR) is 115 cm³/mol. The van der Waals surface area contributed by atoms with Crippen LogP contribution in [0, 0.1) is 6.92 Å². The van der Waals surface area contributed by atoms with Crippen molar-refractivity contribution in [1.29, 1.82) is 0 Å². The van der Waals surface area contributed by atoms with Crippen LogP contribution in [0.4, 0.5) is 0 Å². The maximum absolute atomic E-state index is 5.83. The first-order valence-electron chi connectivity index (χ1n) is 8.41. The molecule has 4 heteroatoms. The number of nitrogens with one attached hydrogen (secondary N) is 1. The first kappa shape index (κ1) is 18.6. The summed E-state index contributed by atoms with van der Waals surface area (Å²) in [4.78, 5) is 0.741. The molecule has 0 bridgehead atoms. The second-order valence-electron chi connectivity index (χ2n) is 6.11. The maximum Gasteiger partial charge on any atom is 0.119 e. The van der Waals surface area contributed by atoms with Gasteiger partial charge >= 0.3 is 0 Å². The van der Waals surface area contributed by atoms with Crippen molar-refractivity contribution in [3.63, 3.8) is 0 Å². The molecule has 0 fully saturated rings. The highest BCUT2D eigenvalue weighted by Gasteiger charge is 2.03. The van der Waals surface area contributed by atoms with Gasteiger partial charge in [0.15, 0.2) is 0 Å².